The second kappa shape index (κ2) is 6.21. The predicted molar refractivity (Wildman–Crippen MR) is 89.5 cm³/mol. The highest BCUT2D eigenvalue weighted by Crippen LogP contribution is 2.54. The molecule has 114 valence electrons. The van der Waals surface area contributed by atoms with Gasteiger partial charge in [0.15, 0.2) is 0 Å². The Bertz CT molecular complexity index is 596. The number of nitrogens with one attached hydrogen (secondary N) is 1. The maximum absolute atomic E-state index is 4.11. The molecule has 2 heteroatoms. The summed E-state index contributed by atoms with van der Waals surface area (Å²) in [4.78, 5) is 4.11. The minimum absolute atomic E-state index is 0.640. The van der Waals surface area contributed by atoms with Crippen LogP contribution in [0.4, 0.5) is 0 Å². The van der Waals surface area contributed by atoms with Crippen LogP contribution in [0.3, 0.4) is 0 Å². The molecule has 4 atom stereocenters. The van der Waals surface area contributed by atoms with E-state index in [1.165, 1.54) is 36.8 Å². The van der Waals surface area contributed by atoms with Crippen LogP contribution in [0, 0.1) is 11.8 Å². The standard InChI is InChI=1S/C20H24N2/c1-2-6-16(7-3-1)19-17-8-4-5-9-18(17)20(19)22-14-15-10-12-21-13-11-15/h1-3,6-7,10-13,17-20,22H,4-5,8-9,14H2/t17?,18?,19-,20-/m0/s1. The van der Waals surface area contributed by atoms with Crippen LogP contribution in [0.5, 0.6) is 0 Å². The first-order valence-corrected chi connectivity index (χ1v) is 8.61. The first-order chi connectivity index (χ1) is 10.9. The third-order valence-corrected chi connectivity index (χ3v) is 5.66. The van der Waals surface area contributed by atoms with Crippen LogP contribution in [-0.2, 0) is 6.54 Å². The number of aromatic nitrogens is 1. The smallest absolute Gasteiger partial charge is 0.0271 e. The Balaban J connectivity index is 1.50. The SMILES string of the molecule is c1ccc([C@H]2C3CCCCC3[C@@H]2NCc2ccncc2)cc1. The summed E-state index contributed by atoms with van der Waals surface area (Å²) < 4.78 is 0. The van der Waals surface area contributed by atoms with Crippen molar-refractivity contribution in [1.82, 2.24) is 10.3 Å². The van der Waals surface area contributed by atoms with Crippen LogP contribution in [0.2, 0.25) is 0 Å². The molecule has 0 amide bonds. The maximum atomic E-state index is 4.11. The summed E-state index contributed by atoms with van der Waals surface area (Å²) >= 11 is 0. The van der Waals surface area contributed by atoms with E-state index in [0.29, 0.717) is 12.0 Å². The van der Waals surface area contributed by atoms with Gasteiger partial charge in [0.05, 0.1) is 0 Å². The molecular formula is C20H24N2. The molecule has 2 fully saturated rings. The van der Waals surface area contributed by atoms with Crippen molar-refractivity contribution in [2.45, 2.75) is 44.2 Å². The van der Waals surface area contributed by atoms with Gasteiger partial charge < -0.3 is 5.32 Å². The fraction of sp³-hybridized carbons (Fsp3) is 0.450. The molecule has 0 radical (unpaired) electrons. The number of hydrogen-bond donors (Lipinski definition) is 1. The molecule has 1 aromatic carbocycles. The van der Waals surface area contributed by atoms with Gasteiger partial charge in [0.2, 0.25) is 0 Å². The second-order valence-corrected chi connectivity index (χ2v) is 6.81. The molecule has 2 nitrogen and oxygen atoms in total. The number of benzene rings is 1. The van der Waals surface area contributed by atoms with Gasteiger partial charge in [-0.25, -0.2) is 0 Å². The summed E-state index contributed by atoms with van der Waals surface area (Å²) in [5.74, 6) is 2.47. The Hall–Kier alpha value is -1.67. The second-order valence-electron chi connectivity index (χ2n) is 6.81. The maximum Gasteiger partial charge on any atom is 0.0271 e. The van der Waals surface area contributed by atoms with E-state index in [1.54, 1.807) is 0 Å². The van der Waals surface area contributed by atoms with Crippen molar-refractivity contribution in [2.24, 2.45) is 11.8 Å². The summed E-state index contributed by atoms with van der Waals surface area (Å²) in [6, 6.07) is 16.0. The number of fused-ring (bicyclic) bond motifs is 1. The van der Waals surface area contributed by atoms with Crippen molar-refractivity contribution in [3.63, 3.8) is 0 Å². The quantitative estimate of drug-likeness (QED) is 0.916. The summed E-state index contributed by atoms with van der Waals surface area (Å²) in [6.07, 6.45) is 9.42. The number of hydrogen-bond acceptors (Lipinski definition) is 2. The highest BCUT2D eigenvalue weighted by molar-refractivity contribution is 5.28. The van der Waals surface area contributed by atoms with E-state index in [2.05, 4.69) is 52.8 Å². The molecule has 0 spiro atoms. The van der Waals surface area contributed by atoms with Gasteiger partial charge >= 0.3 is 0 Å². The molecule has 0 aliphatic heterocycles. The Morgan fingerprint density at radius 2 is 1.64 bits per heavy atom. The fourth-order valence-electron chi connectivity index (χ4n) is 4.61. The molecule has 4 rings (SSSR count). The van der Waals surface area contributed by atoms with Crippen LogP contribution >= 0.6 is 0 Å². The van der Waals surface area contributed by atoms with Gasteiger partial charge in [0.1, 0.15) is 0 Å². The van der Waals surface area contributed by atoms with Crippen LogP contribution in [0.25, 0.3) is 0 Å². The lowest BCUT2D eigenvalue weighted by Crippen LogP contribution is -2.57. The number of rotatable bonds is 4. The zero-order valence-corrected chi connectivity index (χ0v) is 13.0. The molecule has 1 heterocycles. The molecular weight excluding hydrogens is 268 g/mol. The van der Waals surface area contributed by atoms with Crippen LogP contribution in [0.15, 0.2) is 54.9 Å². The number of pyridine rings is 1. The molecule has 2 aliphatic carbocycles. The van der Waals surface area contributed by atoms with E-state index < -0.39 is 0 Å². The van der Waals surface area contributed by atoms with Gasteiger partial charge in [-0.1, -0.05) is 43.2 Å². The minimum atomic E-state index is 0.640. The lowest BCUT2D eigenvalue weighted by atomic mass is 9.53. The van der Waals surface area contributed by atoms with E-state index in [1.807, 2.05) is 12.4 Å². The van der Waals surface area contributed by atoms with Crippen molar-refractivity contribution in [3.8, 4) is 0 Å². The molecule has 1 N–H and O–H groups in total. The fourth-order valence-corrected chi connectivity index (χ4v) is 4.61. The molecule has 2 aliphatic rings. The van der Waals surface area contributed by atoms with E-state index in [4.69, 9.17) is 0 Å². The lowest BCUT2D eigenvalue weighted by Gasteiger charge is -2.55. The van der Waals surface area contributed by atoms with Crippen molar-refractivity contribution in [2.75, 3.05) is 0 Å². The zero-order valence-electron chi connectivity index (χ0n) is 13.0. The van der Waals surface area contributed by atoms with Crippen molar-refractivity contribution in [1.29, 1.82) is 0 Å². The van der Waals surface area contributed by atoms with Crippen LogP contribution in [-0.4, -0.2) is 11.0 Å². The molecule has 2 saturated carbocycles. The van der Waals surface area contributed by atoms with Crippen molar-refractivity contribution < 1.29 is 0 Å². The van der Waals surface area contributed by atoms with Gasteiger partial charge in [-0.3, -0.25) is 4.98 Å². The third-order valence-electron chi connectivity index (χ3n) is 5.66. The highest BCUT2D eigenvalue weighted by Gasteiger charge is 2.50. The monoisotopic (exact) mass is 292 g/mol. The predicted octanol–water partition coefficient (Wildman–Crippen LogP) is 4.14. The minimum Gasteiger partial charge on any atom is -0.309 e. The average Bonchev–Trinajstić information content (AvgIpc) is 2.58. The number of nitrogens with zero attached hydrogens (tertiary/aromatic N) is 1. The van der Waals surface area contributed by atoms with E-state index in [9.17, 15) is 0 Å². The summed E-state index contributed by atoms with van der Waals surface area (Å²) in [7, 11) is 0. The lowest BCUT2D eigenvalue weighted by molar-refractivity contribution is 0.0254. The summed E-state index contributed by atoms with van der Waals surface area (Å²) in [5.41, 5.74) is 2.86. The topological polar surface area (TPSA) is 24.9 Å². The largest absolute Gasteiger partial charge is 0.309 e. The van der Waals surface area contributed by atoms with Crippen LogP contribution in [0.1, 0.15) is 42.7 Å². The van der Waals surface area contributed by atoms with Crippen molar-refractivity contribution in [3.05, 3.63) is 66.0 Å². The normalized spacial score (nSPS) is 30.4. The Morgan fingerprint density at radius 1 is 0.909 bits per heavy atom. The Labute approximate surface area is 133 Å². The van der Waals surface area contributed by atoms with E-state index >= 15 is 0 Å². The molecule has 0 bridgehead atoms. The first-order valence-electron chi connectivity index (χ1n) is 8.61. The van der Waals surface area contributed by atoms with Crippen molar-refractivity contribution >= 4 is 0 Å². The average molecular weight is 292 g/mol. The van der Waals surface area contributed by atoms with Gasteiger partial charge in [0.25, 0.3) is 0 Å². The zero-order chi connectivity index (χ0) is 14.8. The molecule has 22 heavy (non-hydrogen) atoms. The molecule has 2 unspecified atom stereocenters. The first kappa shape index (κ1) is 14.0. The van der Waals surface area contributed by atoms with Crippen LogP contribution < -0.4 is 5.32 Å². The van der Waals surface area contributed by atoms with Gasteiger partial charge in [-0.05, 0) is 47.9 Å². The van der Waals surface area contributed by atoms with Gasteiger partial charge in [-0.2, -0.15) is 0 Å². The van der Waals surface area contributed by atoms with Gasteiger partial charge in [0, 0.05) is 30.9 Å². The third kappa shape index (κ3) is 2.56. The molecule has 2 aromatic rings. The molecule has 0 saturated heterocycles. The van der Waals surface area contributed by atoms with E-state index in [-0.39, 0.29) is 0 Å². The Kier molecular flexibility index (Phi) is 3.94. The van der Waals surface area contributed by atoms with Gasteiger partial charge in [-0.15, -0.1) is 0 Å². The molecule has 1 aromatic heterocycles. The highest BCUT2D eigenvalue weighted by atomic mass is 15.0. The summed E-state index contributed by atoms with van der Waals surface area (Å²) in [5, 5.41) is 3.86. The Morgan fingerprint density at radius 3 is 2.41 bits per heavy atom. The summed E-state index contributed by atoms with van der Waals surface area (Å²) in [6.45, 7) is 0.958. The van der Waals surface area contributed by atoms with E-state index in [0.717, 1.165) is 18.4 Å².